The van der Waals surface area contributed by atoms with Crippen LogP contribution in [0.1, 0.15) is 43.5 Å². The van der Waals surface area contributed by atoms with Crippen molar-refractivity contribution in [1.82, 2.24) is 4.90 Å². The summed E-state index contributed by atoms with van der Waals surface area (Å²) in [6, 6.07) is 4.04. The Hall–Kier alpha value is -3.10. The summed E-state index contributed by atoms with van der Waals surface area (Å²) in [6.45, 7) is 2.81. The molecule has 1 aromatic rings. The number of nitrogens with zero attached hydrogens (tertiary/aromatic N) is 2. The molecule has 0 aromatic heterocycles. The summed E-state index contributed by atoms with van der Waals surface area (Å²) in [5, 5.41) is 10.9. The van der Waals surface area contributed by atoms with Crippen LogP contribution in [-0.4, -0.2) is 46.0 Å². The smallest absolute Gasteiger partial charge is 0.330 e. The number of likely N-dealkylation sites (tertiary alicyclic amines) is 1. The molecule has 0 spiro atoms. The van der Waals surface area contributed by atoms with Crippen LogP contribution in [0, 0.1) is 39.7 Å². The van der Waals surface area contributed by atoms with E-state index in [4.69, 9.17) is 4.74 Å². The van der Waals surface area contributed by atoms with E-state index in [9.17, 15) is 29.3 Å². The molecule has 164 valence electrons. The van der Waals surface area contributed by atoms with E-state index < -0.39 is 29.3 Å². The minimum Gasteiger partial charge on any atom is -0.456 e. The molecule has 2 bridgehead atoms. The van der Waals surface area contributed by atoms with Crippen molar-refractivity contribution in [3.8, 4) is 0 Å². The number of non-ortho nitro benzene ring substituents is 1. The first-order valence-corrected chi connectivity index (χ1v) is 10.5. The summed E-state index contributed by atoms with van der Waals surface area (Å²) in [5.41, 5.74) is -0.200. The minimum atomic E-state index is -1.09. The second-order valence-electron chi connectivity index (χ2n) is 8.96. The number of nitro benzene ring substituents is 1. The van der Waals surface area contributed by atoms with Crippen molar-refractivity contribution in [2.75, 3.05) is 6.61 Å². The molecule has 0 radical (unpaired) electrons. The zero-order chi connectivity index (χ0) is 22.4. The molecule has 1 aliphatic heterocycles. The van der Waals surface area contributed by atoms with Crippen molar-refractivity contribution >= 4 is 29.3 Å². The Morgan fingerprint density at radius 3 is 2.32 bits per heavy atom. The monoisotopic (exact) mass is 428 g/mol. The van der Waals surface area contributed by atoms with Crippen LogP contribution in [-0.2, 0) is 19.1 Å². The summed E-state index contributed by atoms with van der Waals surface area (Å²) in [7, 11) is 0. The van der Waals surface area contributed by atoms with Gasteiger partial charge in [0.2, 0.25) is 17.6 Å². The molecular weight excluding hydrogens is 404 g/mol. The Labute approximate surface area is 178 Å². The summed E-state index contributed by atoms with van der Waals surface area (Å²) in [5.74, 6) is -2.68. The van der Waals surface area contributed by atoms with E-state index in [-0.39, 0.29) is 52.7 Å². The van der Waals surface area contributed by atoms with Gasteiger partial charge in [-0.1, -0.05) is 26.0 Å². The third-order valence-corrected chi connectivity index (χ3v) is 6.84. The standard InChI is InChI=1S/C22H24N2O7/c1-11(2)19(23-20(26)17-13-6-7-14(8-13)18(17)21(23)27)22(28)31-10-16(25)12-4-3-5-15(9-12)24(29)30/h3-5,9,11,13-14,17-19H,6-8,10H2,1-2H3/t13-,14+,17-,18+,19-/m1/s1. The average Bonchev–Trinajstić information content (AvgIpc) is 3.42. The highest BCUT2D eigenvalue weighted by Gasteiger charge is 2.62. The van der Waals surface area contributed by atoms with E-state index in [1.54, 1.807) is 13.8 Å². The Bertz CT molecular complexity index is 944. The number of imide groups is 1. The van der Waals surface area contributed by atoms with Crippen LogP contribution in [0.25, 0.3) is 0 Å². The second-order valence-corrected chi connectivity index (χ2v) is 8.96. The molecule has 5 atom stereocenters. The van der Waals surface area contributed by atoms with Gasteiger partial charge in [0.1, 0.15) is 6.04 Å². The third kappa shape index (κ3) is 3.51. The number of fused-ring (bicyclic) bond motifs is 5. The number of hydrogen-bond donors (Lipinski definition) is 0. The second kappa shape index (κ2) is 7.86. The summed E-state index contributed by atoms with van der Waals surface area (Å²) >= 11 is 0. The predicted octanol–water partition coefficient (Wildman–Crippen LogP) is 2.38. The van der Waals surface area contributed by atoms with Gasteiger partial charge in [0, 0.05) is 17.7 Å². The van der Waals surface area contributed by atoms with Gasteiger partial charge in [0.15, 0.2) is 6.61 Å². The number of carbonyl (C=O) groups is 4. The molecule has 9 heteroatoms. The maximum atomic E-state index is 13.1. The van der Waals surface area contributed by atoms with E-state index >= 15 is 0 Å². The molecule has 1 heterocycles. The van der Waals surface area contributed by atoms with Gasteiger partial charge in [-0.05, 0) is 37.0 Å². The van der Waals surface area contributed by atoms with Gasteiger partial charge in [0.25, 0.3) is 5.69 Å². The number of ketones is 1. The van der Waals surface area contributed by atoms with Crippen molar-refractivity contribution in [2.45, 2.75) is 39.2 Å². The average molecular weight is 428 g/mol. The van der Waals surface area contributed by atoms with Crippen LogP contribution in [0.15, 0.2) is 24.3 Å². The molecule has 2 amide bonds. The summed E-state index contributed by atoms with van der Waals surface area (Å²) in [4.78, 5) is 62.7. The Morgan fingerprint density at radius 1 is 1.16 bits per heavy atom. The number of nitro groups is 1. The van der Waals surface area contributed by atoms with Crippen molar-refractivity contribution in [3.05, 3.63) is 39.9 Å². The van der Waals surface area contributed by atoms with Gasteiger partial charge in [-0.15, -0.1) is 0 Å². The highest BCUT2D eigenvalue weighted by atomic mass is 16.6. The number of Topliss-reactive ketones (excluding diaryl/α,β-unsaturated/α-hetero) is 1. The molecule has 9 nitrogen and oxygen atoms in total. The molecule has 1 saturated heterocycles. The van der Waals surface area contributed by atoms with E-state index in [2.05, 4.69) is 0 Å². The lowest BCUT2D eigenvalue weighted by Gasteiger charge is -2.28. The largest absolute Gasteiger partial charge is 0.456 e. The molecule has 2 aliphatic carbocycles. The van der Waals surface area contributed by atoms with Crippen LogP contribution in [0.5, 0.6) is 0 Å². The highest BCUT2D eigenvalue weighted by Crippen LogP contribution is 2.56. The maximum Gasteiger partial charge on any atom is 0.330 e. The molecule has 0 unspecified atom stereocenters. The Balaban J connectivity index is 1.47. The van der Waals surface area contributed by atoms with Crippen molar-refractivity contribution in [1.29, 1.82) is 0 Å². The van der Waals surface area contributed by atoms with E-state index in [0.717, 1.165) is 30.2 Å². The quantitative estimate of drug-likeness (QED) is 0.215. The Morgan fingerprint density at radius 2 is 1.77 bits per heavy atom. The van der Waals surface area contributed by atoms with Gasteiger partial charge < -0.3 is 4.74 Å². The molecule has 2 saturated carbocycles. The molecule has 3 aliphatic rings. The first-order chi connectivity index (χ1) is 14.7. The van der Waals surface area contributed by atoms with Crippen LogP contribution in [0.3, 0.4) is 0 Å². The fourth-order valence-electron chi connectivity index (χ4n) is 5.48. The van der Waals surface area contributed by atoms with Gasteiger partial charge in [-0.2, -0.15) is 0 Å². The van der Waals surface area contributed by atoms with E-state index in [0.29, 0.717) is 0 Å². The predicted molar refractivity (Wildman–Crippen MR) is 107 cm³/mol. The molecule has 31 heavy (non-hydrogen) atoms. The fraction of sp³-hybridized carbons (Fsp3) is 0.545. The van der Waals surface area contributed by atoms with Crippen molar-refractivity contribution in [2.24, 2.45) is 29.6 Å². The van der Waals surface area contributed by atoms with Gasteiger partial charge in [0.05, 0.1) is 16.8 Å². The first kappa shape index (κ1) is 21.1. The third-order valence-electron chi connectivity index (χ3n) is 6.84. The number of benzene rings is 1. The van der Waals surface area contributed by atoms with Crippen LogP contribution < -0.4 is 0 Å². The van der Waals surface area contributed by atoms with E-state index in [1.165, 1.54) is 18.2 Å². The lowest BCUT2D eigenvalue weighted by molar-refractivity contribution is -0.384. The van der Waals surface area contributed by atoms with Crippen molar-refractivity contribution in [3.63, 3.8) is 0 Å². The molecule has 1 aromatic carbocycles. The number of carbonyl (C=O) groups excluding carboxylic acids is 4. The van der Waals surface area contributed by atoms with Crippen molar-refractivity contribution < 1.29 is 28.8 Å². The molecule has 0 N–H and O–H groups in total. The van der Waals surface area contributed by atoms with Gasteiger partial charge >= 0.3 is 5.97 Å². The number of amides is 2. The van der Waals surface area contributed by atoms with Gasteiger partial charge in [-0.3, -0.25) is 29.4 Å². The number of ether oxygens (including phenoxy) is 1. The minimum absolute atomic E-state index is 0.0440. The zero-order valence-electron chi connectivity index (χ0n) is 17.4. The lowest BCUT2D eigenvalue weighted by Crippen LogP contribution is -2.50. The number of hydrogen-bond acceptors (Lipinski definition) is 7. The topological polar surface area (TPSA) is 124 Å². The highest BCUT2D eigenvalue weighted by molar-refractivity contribution is 6.09. The number of esters is 1. The summed E-state index contributed by atoms with van der Waals surface area (Å²) < 4.78 is 5.18. The normalized spacial score (nSPS) is 27.5. The van der Waals surface area contributed by atoms with Crippen LogP contribution in [0.4, 0.5) is 5.69 Å². The Kier molecular flexibility index (Phi) is 5.36. The summed E-state index contributed by atoms with van der Waals surface area (Å²) in [6.07, 6.45) is 2.77. The number of rotatable bonds is 7. The fourth-order valence-corrected chi connectivity index (χ4v) is 5.48. The molecule has 4 rings (SSSR count). The first-order valence-electron chi connectivity index (χ1n) is 10.5. The lowest BCUT2D eigenvalue weighted by atomic mass is 9.81. The van der Waals surface area contributed by atoms with Gasteiger partial charge in [-0.25, -0.2) is 4.79 Å². The molecule has 3 fully saturated rings. The maximum absolute atomic E-state index is 13.1. The SMILES string of the molecule is CC(C)[C@H](C(=O)OCC(=O)c1cccc([N+](=O)[O-])c1)N1C(=O)[C@@H]2[C@@H]3CC[C@@H](C3)[C@@H]2C1=O. The zero-order valence-corrected chi connectivity index (χ0v) is 17.4. The van der Waals surface area contributed by atoms with E-state index in [1.807, 2.05) is 0 Å². The molecular formula is C22H24N2O7. The van der Waals surface area contributed by atoms with Crippen LogP contribution >= 0.6 is 0 Å². The van der Waals surface area contributed by atoms with Crippen LogP contribution in [0.2, 0.25) is 0 Å².